The fourth-order valence-corrected chi connectivity index (χ4v) is 1.07. The first kappa shape index (κ1) is 10.8. The molecule has 0 unspecified atom stereocenters. The Morgan fingerprint density at radius 2 is 1.86 bits per heavy atom. The lowest BCUT2D eigenvalue weighted by molar-refractivity contribution is -0.274. The third-order valence-electron chi connectivity index (χ3n) is 1.64. The minimum Gasteiger partial charge on any atom is -0.405 e. The molecule has 0 heterocycles. The standard InChI is InChI=1S/C9H10F3NO/c1-6(13)7-4-2-3-5-8(7)14-9(10,11)12/h2-6H,13H2,1H3/t6-/m0/s1. The molecule has 0 saturated carbocycles. The molecule has 0 aliphatic carbocycles. The smallest absolute Gasteiger partial charge is 0.405 e. The Morgan fingerprint density at radius 3 is 2.36 bits per heavy atom. The van der Waals surface area contributed by atoms with Crippen molar-refractivity contribution in [3.8, 4) is 5.75 Å². The van der Waals surface area contributed by atoms with Crippen LogP contribution in [0.25, 0.3) is 0 Å². The zero-order valence-corrected chi connectivity index (χ0v) is 7.51. The van der Waals surface area contributed by atoms with Gasteiger partial charge in [0.1, 0.15) is 5.75 Å². The van der Waals surface area contributed by atoms with E-state index < -0.39 is 12.4 Å². The van der Waals surface area contributed by atoms with Gasteiger partial charge in [-0.1, -0.05) is 18.2 Å². The van der Waals surface area contributed by atoms with Gasteiger partial charge in [-0.2, -0.15) is 0 Å². The van der Waals surface area contributed by atoms with Crippen molar-refractivity contribution < 1.29 is 17.9 Å². The van der Waals surface area contributed by atoms with E-state index in [0.717, 1.165) is 0 Å². The van der Waals surface area contributed by atoms with E-state index in [4.69, 9.17) is 5.73 Å². The molecule has 5 heteroatoms. The number of hydrogen-bond donors (Lipinski definition) is 1. The largest absolute Gasteiger partial charge is 0.573 e. The maximum atomic E-state index is 11.9. The summed E-state index contributed by atoms with van der Waals surface area (Å²) in [6.45, 7) is 1.60. The van der Waals surface area contributed by atoms with Crippen LogP contribution in [0.4, 0.5) is 13.2 Å². The molecule has 1 aromatic rings. The van der Waals surface area contributed by atoms with Crippen molar-refractivity contribution in [2.75, 3.05) is 0 Å². The van der Waals surface area contributed by atoms with Gasteiger partial charge in [0, 0.05) is 11.6 Å². The molecule has 2 N–H and O–H groups in total. The van der Waals surface area contributed by atoms with Gasteiger partial charge in [0.15, 0.2) is 0 Å². The van der Waals surface area contributed by atoms with Gasteiger partial charge >= 0.3 is 6.36 Å². The van der Waals surface area contributed by atoms with Gasteiger partial charge in [-0.15, -0.1) is 13.2 Å². The maximum absolute atomic E-state index is 11.9. The van der Waals surface area contributed by atoms with Gasteiger partial charge < -0.3 is 10.5 Å². The van der Waals surface area contributed by atoms with E-state index in [1.165, 1.54) is 18.2 Å². The molecule has 0 bridgehead atoms. The summed E-state index contributed by atoms with van der Waals surface area (Å²) in [6.07, 6.45) is -4.68. The molecule has 0 saturated heterocycles. The summed E-state index contributed by atoms with van der Waals surface area (Å²) in [5.74, 6) is -0.241. The molecule has 0 aliphatic heterocycles. The van der Waals surface area contributed by atoms with Crippen molar-refractivity contribution >= 4 is 0 Å². The molecular formula is C9H10F3NO. The average molecular weight is 205 g/mol. The summed E-state index contributed by atoms with van der Waals surface area (Å²) in [6, 6.07) is 5.33. The average Bonchev–Trinajstić information content (AvgIpc) is 2.01. The number of hydrogen-bond acceptors (Lipinski definition) is 2. The lowest BCUT2D eigenvalue weighted by Gasteiger charge is -2.14. The third-order valence-corrected chi connectivity index (χ3v) is 1.64. The number of para-hydroxylation sites is 1. The first-order valence-corrected chi connectivity index (χ1v) is 4.00. The van der Waals surface area contributed by atoms with Crippen LogP contribution < -0.4 is 10.5 Å². The van der Waals surface area contributed by atoms with Crippen molar-refractivity contribution in [3.05, 3.63) is 29.8 Å². The zero-order valence-electron chi connectivity index (χ0n) is 7.51. The Labute approximate surface area is 79.5 Å². The molecule has 0 fully saturated rings. The van der Waals surface area contributed by atoms with Crippen molar-refractivity contribution in [3.63, 3.8) is 0 Å². The Hall–Kier alpha value is -1.23. The van der Waals surface area contributed by atoms with Gasteiger partial charge in [-0.3, -0.25) is 0 Å². The Bertz CT molecular complexity index is 309. The van der Waals surface area contributed by atoms with Crippen LogP contribution >= 0.6 is 0 Å². The summed E-state index contributed by atoms with van der Waals surface area (Å²) in [7, 11) is 0. The minimum atomic E-state index is -4.68. The lowest BCUT2D eigenvalue weighted by atomic mass is 10.1. The van der Waals surface area contributed by atoms with E-state index in [0.29, 0.717) is 5.56 Å². The first-order valence-electron chi connectivity index (χ1n) is 4.00. The Morgan fingerprint density at radius 1 is 1.29 bits per heavy atom. The number of halogens is 3. The molecule has 0 amide bonds. The number of ether oxygens (including phenoxy) is 1. The van der Waals surface area contributed by atoms with E-state index in [9.17, 15) is 13.2 Å². The minimum absolute atomic E-state index is 0.241. The van der Waals surface area contributed by atoms with E-state index >= 15 is 0 Å². The molecule has 2 nitrogen and oxygen atoms in total. The molecule has 0 aliphatic rings. The number of rotatable bonds is 2. The number of alkyl halides is 3. The fourth-order valence-electron chi connectivity index (χ4n) is 1.07. The van der Waals surface area contributed by atoms with Crippen molar-refractivity contribution in [1.29, 1.82) is 0 Å². The molecule has 0 spiro atoms. The predicted molar refractivity (Wildman–Crippen MR) is 45.7 cm³/mol. The van der Waals surface area contributed by atoms with Gasteiger partial charge in [-0.05, 0) is 13.0 Å². The first-order chi connectivity index (χ1) is 6.40. The molecular weight excluding hydrogens is 195 g/mol. The number of nitrogens with two attached hydrogens (primary N) is 1. The summed E-state index contributed by atoms with van der Waals surface area (Å²) < 4.78 is 39.6. The van der Waals surface area contributed by atoms with Crippen LogP contribution in [0.2, 0.25) is 0 Å². The van der Waals surface area contributed by atoms with Crippen molar-refractivity contribution in [2.45, 2.75) is 19.3 Å². The van der Waals surface area contributed by atoms with Crippen LogP contribution in [0.5, 0.6) is 5.75 Å². The van der Waals surface area contributed by atoms with E-state index in [2.05, 4.69) is 4.74 Å². The van der Waals surface area contributed by atoms with Gasteiger partial charge in [0.25, 0.3) is 0 Å². The quantitative estimate of drug-likeness (QED) is 0.805. The topological polar surface area (TPSA) is 35.2 Å². The van der Waals surface area contributed by atoms with Gasteiger partial charge in [0.05, 0.1) is 0 Å². The molecule has 0 aromatic heterocycles. The third kappa shape index (κ3) is 2.92. The van der Waals surface area contributed by atoms with Crippen molar-refractivity contribution in [1.82, 2.24) is 0 Å². The van der Waals surface area contributed by atoms with Crippen LogP contribution in [0.1, 0.15) is 18.5 Å². The predicted octanol–water partition coefficient (Wildman–Crippen LogP) is 2.60. The summed E-state index contributed by atoms with van der Waals surface area (Å²) >= 11 is 0. The van der Waals surface area contributed by atoms with E-state index in [-0.39, 0.29) is 5.75 Å². The second kappa shape index (κ2) is 3.88. The van der Waals surface area contributed by atoms with E-state index in [1.54, 1.807) is 13.0 Å². The van der Waals surface area contributed by atoms with E-state index in [1.807, 2.05) is 0 Å². The molecule has 0 radical (unpaired) electrons. The summed E-state index contributed by atoms with van der Waals surface area (Å²) in [5.41, 5.74) is 5.82. The zero-order chi connectivity index (χ0) is 10.8. The van der Waals surface area contributed by atoms with Crippen LogP contribution in [-0.4, -0.2) is 6.36 Å². The SMILES string of the molecule is C[C@H](N)c1ccccc1OC(F)(F)F. The number of benzene rings is 1. The molecule has 1 aromatic carbocycles. The summed E-state index contributed by atoms with van der Waals surface area (Å²) in [5, 5.41) is 0. The molecule has 78 valence electrons. The summed E-state index contributed by atoms with van der Waals surface area (Å²) in [4.78, 5) is 0. The van der Waals surface area contributed by atoms with Gasteiger partial charge in [0.2, 0.25) is 0 Å². The normalized spacial score (nSPS) is 13.8. The molecule has 14 heavy (non-hydrogen) atoms. The second-order valence-electron chi connectivity index (χ2n) is 2.87. The van der Waals surface area contributed by atoms with Crippen LogP contribution in [0.15, 0.2) is 24.3 Å². The van der Waals surface area contributed by atoms with Gasteiger partial charge in [-0.25, -0.2) is 0 Å². The Balaban J connectivity index is 2.96. The molecule has 1 atom stereocenters. The van der Waals surface area contributed by atoms with Crippen LogP contribution in [-0.2, 0) is 0 Å². The van der Waals surface area contributed by atoms with Crippen LogP contribution in [0, 0.1) is 0 Å². The highest BCUT2D eigenvalue weighted by Gasteiger charge is 2.32. The molecule has 1 rings (SSSR count). The van der Waals surface area contributed by atoms with Crippen LogP contribution in [0.3, 0.4) is 0 Å². The highest BCUT2D eigenvalue weighted by atomic mass is 19.4. The lowest BCUT2D eigenvalue weighted by Crippen LogP contribution is -2.19. The Kier molecular flexibility index (Phi) is 3.00. The highest BCUT2D eigenvalue weighted by molar-refractivity contribution is 5.35. The maximum Gasteiger partial charge on any atom is 0.573 e. The van der Waals surface area contributed by atoms with Crippen molar-refractivity contribution in [2.24, 2.45) is 5.73 Å². The highest BCUT2D eigenvalue weighted by Crippen LogP contribution is 2.28. The fraction of sp³-hybridized carbons (Fsp3) is 0.333. The monoisotopic (exact) mass is 205 g/mol. The second-order valence-corrected chi connectivity index (χ2v) is 2.87.